The molecule has 0 bridgehead atoms. The van der Waals surface area contributed by atoms with Crippen molar-refractivity contribution in [3.63, 3.8) is 0 Å². The lowest BCUT2D eigenvalue weighted by atomic mass is 9.73. The molecule has 2 saturated heterocycles. The van der Waals surface area contributed by atoms with Crippen LogP contribution in [0.2, 0.25) is 0 Å². The maximum absolute atomic E-state index is 12.7. The third-order valence-corrected chi connectivity index (χ3v) is 5.01. The van der Waals surface area contributed by atoms with Crippen molar-refractivity contribution in [1.29, 1.82) is 0 Å². The van der Waals surface area contributed by atoms with Gasteiger partial charge in [0.05, 0.1) is 0 Å². The van der Waals surface area contributed by atoms with Gasteiger partial charge in [0.2, 0.25) is 5.91 Å². The van der Waals surface area contributed by atoms with Gasteiger partial charge in [0.15, 0.2) is 0 Å². The van der Waals surface area contributed by atoms with Crippen molar-refractivity contribution in [3.05, 3.63) is 0 Å². The smallest absolute Gasteiger partial charge is 0.329 e. The molecule has 0 aromatic heterocycles. The van der Waals surface area contributed by atoms with Crippen molar-refractivity contribution < 1.29 is 19.4 Å². The Labute approximate surface area is 125 Å². The summed E-state index contributed by atoms with van der Waals surface area (Å²) in [4.78, 5) is 24.3. The number of piperidine rings is 1. The van der Waals surface area contributed by atoms with Crippen molar-refractivity contribution in [1.82, 2.24) is 10.6 Å². The van der Waals surface area contributed by atoms with Crippen molar-refractivity contribution in [2.24, 2.45) is 11.3 Å². The zero-order chi connectivity index (χ0) is 15.5. The average molecular weight is 298 g/mol. The normalized spacial score (nSPS) is 26.1. The number of hydrogen-bond acceptors (Lipinski definition) is 4. The molecule has 1 unspecified atom stereocenters. The van der Waals surface area contributed by atoms with Crippen LogP contribution in [0.4, 0.5) is 0 Å². The van der Waals surface area contributed by atoms with Crippen LogP contribution >= 0.6 is 0 Å². The number of rotatable bonds is 4. The fourth-order valence-electron chi connectivity index (χ4n) is 3.14. The molecule has 120 valence electrons. The van der Waals surface area contributed by atoms with Gasteiger partial charge in [0.25, 0.3) is 0 Å². The molecule has 21 heavy (non-hydrogen) atoms. The second-order valence-corrected chi connectivity index (χ2v) is 6.72. The van der Waals surface area contributed by atoms with Gasteiger partial charge in [-0.3, -0.25) is 4.79 Å². The fourth-order valence-corrected chi connectivity index (χ4v) is 3.14. The number of nitrogens with one attached hydrogen (secondary N) is 2. The Morgan fingerprint density at radius 3 is 2.52 bits per heavy atom. The zero-order valence-corrected chi connectivity index (χ0v) is 12.9. The van der Waals surface area contributed by atoms with Crippen LogP contribution < -0.4 is 10.6 Å². The highest BCUT2D eigenvalue weighted by Crippen LogP contribution is 2.33. The number of carboxylic acids is 1. The third kappa shape index (κ3) is 3.37. The van der Waals surface area contributed by atoms with Crippen LogP contribution in [0.15, 0.2) is 0 Å². The van der Waals surface area contributed by atoms with Crippen molar-refractivity contribution in [2.45, 2.75) is 45.1 Å². The molecular formula is C15H26N2O4. The van der Waals surface area contributed by atoms with Gasteiger partial charge in [-0.25, -0.2) is 4.79 Å². The first-order valence-electron chi connectivity index (χ1n) is 7.73. The predicted molar refractivity (Wildman–Crippen MR) is 77.9 cm³/mol. The van der Waals surface area contributed by atoms with E-state index in [9.17, 15) is 14.7 Å². The Morgan fingerprint density at radius 2 is 2.00 bits per heavy atom. The van der Waals surface area contributed by atoms with Gasteiger partial charge in [-0.2, -0.15) is 0 Å². The summed E-state index contributed by atoms with van der Waals surface area (Å²) >= 11 is 0. The van der Waals surface area contributed by atoms with E-state index in [0.717, 1.165) is 25.9 Å². The average Bonchev–Trinajstić information content (AvgIpc) is 2.49. The maximum Gasteiger partial charge on any atom is 0.329 e. The van der Waals surface area contributed by atoms with Crippen LogP contribution in [0.3, 0.4) is 0 Å². The number of carbonyl (C=O) groups excluding carboxylic acids is 1. The van der Waals surface area contributed by atoms with Gasteiger partial charge in [0.1, 0.15) is 5.54 Å². The Bertz CT molecular complexity index is 396. The highest BCUT2D eigenvalue weighted by atomic mass is 16.5. The van der Waals surface area contributed by atoms with Gasteiger partial charge in [-0.1, -0.05) is 13.8 Å². The van der Waals surface area contributed by atoms with Crippen LogP contribution in [0.1, 0.15) is 39.5 Å². The summed E-state index contributed by atoms with van der Waals surface area (Å²) in [5.41, 5.74) is -1.75. The molecular weight excluding hydrogens is 272 g/mol. The van der Waals surface area contributed by atoms with Crippen molar-refractivity contribution in [3.8, 4) is 0 Å². The molecule has 2 fully saturated rings. The molecule has 6 nitrogen and oxygen atoms in total. The second kappa shape index (κ2) is 6.32. The van der Waals surface area contributed by atoms with Crippen LogP contribution in [0.5, 0.6) is 0 Å². The first kappa shape index (κ1) is 16.2. The number of aliphatic carboxylic acids is 1. The fraction of sp³-hybridized carbons (Fsp3) is 0.867. The number of hydrogen-bond donors (Lipinski definition) is 3. The molecule has 1 atom stereocenters. The van der Waals surface area contributed by atoms with Gasteiger partial charge < -0.3 is 20.5 Å². The van der Waals surface area contributed by atoms with Crippen LogP contribution in [0, 0.1) is 11.3 Å². The predicted octanol–water partition coefficient (Wildman–Crippen LogP) is 0.762. The summed E-state index contributed by atoms with van der Waals surface area (Å²) in [7, 11) is 0. The van der Waals surface area contributed by atoms with Gasteiger partial charge in [0, 0.05) is 31.5 Å². The summed E-state index contributed by atoms with van der Waals surface area (Å²) in [6.07, 6.45) is 2.70. The zero-order valence-electron chi connectivity index (χ0n) is 12.9. The van der Waals surface area contributed by atoms with Gasteiger partial charge in [-0.15, -0.1) is 0 Å². The molecule has 3 N–H and O–H groups in total. The van der Waals surface area contributed by atoms with Crippen molar-refractivity contribution in [2.75, 3.05) is 26.3 Å². The van der Waals surface area contributed by atoms with E-state index >= 15 is 0 Å². The minimum atomic E-state index is -1.17. The summed E-state index contributed by atoms with van der Waals surface area (Å²) < 4.78 is 5.23. The number of carbonyl (C=O) groups is 2. The van der Waals surface area contributed by atoms with E-state index in [2.05, 4.69) is 10.6 Å². The molecule has 0 radical (unpaired) electrons. The molecule has 0 spiro atoms. The minimum Gasteiger partial charge on any atom is -0.480 e. The molecule has 0 aromatic carbocycles. The number of amides is 1. The molecule has 2 aliphatic rings. The molecule has 1 amide bonds. The maximum atomic E-state index is 12.7. The monoisotopic (exact) mass is 298 g/mol. The lowest BCUT2D eigenvalue weighted by Crippen LogP contribution is -2.61. The minimum absolute atomic E-state index is 0.166. The van der Waals surface area contributed by atoms with E-state index in [0.29, 0.717) is 26.1 Å². The van der Waals surface area contributed by atoms with Crippen LogP contribution in [0.25, 0.3) is 0 Å². The number of ether oxygens (including phenoxy) is 1. The van der Waals surface area contributed by atoms with E-state index in [-0.39, 0.29) is 11.8 Å². The Morgan fingerprint density at radius 1 is 1.33 bits per heavy atom. The summed E-state index contributed by atoms with van der Waals surface area (Å²) in [5.74, 6) is -0.894. The summed E-state index contributed by atoms with van der Waals surface area (Å²) in [6, 6.07) is 0. The third-order valence-electron chi connectivity index (χ3n) is 5.01. The highest BCUT2D eigenvalue weighted by molar-refractivity contribution is 5.90. The van der Waals surface area contributed by atoms with Crippen LogP contribution in [-0.2, 0) is 14.3 Å². The highest BCUT2D eigenvalue weighted by Gasteiger charge is 2.46. The standard InChI is InChI=1S/C15H26N2O4/c1-14(2,11-4-3-7-16-10-11)12(18)17-15(13(19)20)5-8-21-9-6-15/h11,16H,3-10H2,1-2H3,(H,17,18)(H,19,20). The van der Waals surface area contributed by atoms with Gasteiger partial charge in [-0.05, 0) is 31.8 Å². The molecule has 0 saturated carbocycles. The van der Waals surface area contributed by atoms with Gasteiger partial charge >= 0.3 is 5.97 Å². The number of carboxylic acid groups (broad SMARTS) is 1. The van der Waals surface area contributed by atoms with E-state index in [1.807, 2.05) is 13.8 Å². The van der Waals surface area contributed by atoms with E-state index < -0.39 is 16.9 Å². The summed E-state index contributed by atoms with van der Waals surface area (Å²) in [5, 5.41) is 15.7. The molecule has 0 aromatic rings. The lowest BCUT2D eigenvalue weighted by molar-refractivity contribution is -0.154. The largest absolute Gasteiger partial charge is 0.480 e. The summed E-state index contributed by atoms with van der Waals surface area (Å²) in [6.45, 7) is 6.37. The first-order chi connectivity index (χ1) is 9.88. The topological polar surface area (TPSA) is 87.7 Å². The van der Waals surface area contributed by atoms with Crippen LogP contribution in [-0.4, -0.2) is 48.8 Å². The molecule has 2 aliphatic heterocycles. The molecule has 2 rings (SSSR count). The molecule has 6 heteroatoms. The van der Waals surface area contributed by atoms with E-state index in [1.54, 1.807) is 0 Å². The van der Waals surface area contributed by atoms with Crippen molar-refractivity contribution >= 4 is 11.9 Å². The lowest BCUT2D eigenvalue weighted by Gasteiger charge is -2.40. The van der Waals surface area contributed by atoms with E-state index in [4.69, 9.17) is 4.74 Å². The Kier molecular flexibility index (Phi) is 4.88. The molecule has 2 heterocycles. The quantitative estimate of drug-likeness (QED) is 0.713. The SMILES string of the molecule is CC(C)(C(=O)NC1(C(=O)O)CCOCC1)C1CCCNC1. The first-order valence-corrected chi connectivity index (χ1v) is 7.73. The Hall–Kier alpha value is -1.14. The molecule has 0 aliphatic carbocycles. The second-order valence-electron chi connectivity index (χ2n) is 6.72. The van der Waals surface area contributed by atoms with E-state index in [1.165, 1.54) is 0 Å². The Balaban J connectivity index is 2.08.